The van der Waals surface area contributed by atoms with Gasteiger partial charge in [-0.1, -0.05) is 140 Å². The molecule has 10 rings (SSSR count). The number of nitrogens with zero attached hydrogens (tertiary/aromatic N) is 2. The summed E-state index contributed by atoms with van der Waals surface area (Å²) in [5.41, 5.74) is 10.2. The van der Waals surface area contributed by atoms with E-state index in [1.54, 1.807) is 0 Å². The molecular weight excluding hydrogens is 597 g/mol. The van der Waals surface area contributed by atoms with E-state index in [1.807, 2.05) is 18.2 Å². The van der Waals surface area contributed by atoms with Crippen molar-refractivity contribution in [1.82, 2.24) is 9.97 Å². The van der Waals surface area contributed by atoms with Crippen LogP contribution in [0.15, 0.2) is 174 Å². The Labute approximate surface area is 282 Å². The molecule has 0 saturated carbocycles. The fraction of sp³-hybridized carbons (Fsp3) is 0. The Morgan fingerprint density at radius 1 is 0.388 bits per heavy atom. The normalized spacial score (nSPS) is 11.7. The van der Waals surface area contributed by atoms with Gasteiger partial charge in [0.05, 0.1) is 11.2 Å². The highest BCUT2D eigenvalue weighted by Gasteiger charge is 2.20. The average Bonchev–Trinajstić information content (AvgIpc) is 3.57. The minimum absolute atomic E-state index is 0.685. The summed E-state index contributed by atoms with van der Waals surface area (Å²) in [6, 6.07) is 59.7. The first-order valence-electron chi connectivity index (χ1n) is 16.6. The van der Waals surface area contributed by atoms with Crippen molar-refractivity contribution in [3.8, 4) is 44.9 Å². The Kier molecular flexibility index (Phi) is 6.18. The third-order valence-corrected chi connectivity index (χ3v) is 9.66. The number of hydrogen-bond acceptors (Lipinski definition) is 3. The Morgan fingerprint density at radius 3 is 1.84 bits per heavy atom. The summed E-state index contributed by atoms with van der Waals surface area (Å²) in [7, 11) is 0. The van der Waals surface area contributed by atoms with Crippen LogP contribution in [-0.4, -0.2) is 9.97 Å². The molecule has 0 radical (unpaired) electrons. The van der Waals surface area contributed by atoms with Gasteiger partial charge in [-0.15, -0.1) is 0 Å². The van der Waals surface area contributed by atoms with Crippen LogP contribution in [0.25, 0.3) is 99.3 Å². The molecule has 0 unspecified atom stereocenters. The number of rotatable bonds is 4. The van der Waals surface area contributed by atoms with Gasteiger partial charge in [-0.2, -0.15) is 0 Å². The summed E-state index contributed by atoms with van der Waals surface area (Å²) in [6.07, 6.45) is 0. The molecule has 228 valence electrons. The smallest absolute Gasteiger partial charge is 0.161 e. The molecule has 0 amide bonds. The van der Waals surface area contributed by atoms with Crippen LogP contribution in [0.5, 0.6) is 0 Å². The molecule has 0 aliphatic carbocycles. The van der Waals surface area contributed by atoms with Crippen molar-refractivity contribution in [2.45, 2.75) is 0 Å². The summed E-state index contributed by atoms with van der Waals surface area (Å²) in [4.78, 5) is 10.4. The van der Waals surface area contributed by atoms with Crippen LogP contribution in [0.1, 0.15) is 0 Å². The van der Waals surface area contributed by atoms with Gasteiger partial charge in [0.1, 0.15) is 11.2 Å². The number of para-hydroxylation sites is 1. The lowest BCUT2D eigenvalue weighted by Crippen LogP contribution is -1.96. The van der Waals surface area contributed by atoms with Gasteiger partial charge >= 0.3 is 0 Å². The predicted octanol–water partition coefficient (Wildman–Crippen LogP) is 12.5. The molecule has 0 atom stereocenters. The predicted molar refractivity (Wildman–Crippen MR) is 204 cm³/mol. The van der Waals surface area contributed by atoms with Gasteiger partial charge in [-0.3, -0.25) is 0 Å². The summed E-state index contributed by atoms with van der Waals surface area (Å²) in [5.74, 6) is 0.685. The summed E-state index contributed by atoms with van der Waals surface area (Å²) in [6.45, 7) is 0. The van der Waals surface area contributed by atoms with Crippen molar-refractivity contribution in [3.63, 3.8) is 0 Å². The van der Waals surface area contributed by atoms with E-state index in [0.717, 1.165) is 71.6 Å². The van der Waals surface area contributed by atoms with Crippen LogP contribution in [0, 0.1) is 0 Å². The van der Waals surface area contributed by atoms with Crippen molar-refractivity contribution in [1.29, 1.82) is 0 Å². The molecule has 0 aliphatic rings. The van der Waals surface area contributed by atoms with Crippen molar-refractivity contribution in [3.05, 3.63) is 170 Å². The SMILES string of the molecule is c1ccc(-c2nc(-c3cc4ccccc4c4oc5cc(-c6ccc(-c7ccc8ccccc8c7)cc6)ccc5c34)nc3ccccc23)cc1. The molecule has 0 bridgehead atoms. The molecule has 3 nitrogen and oxygen atoms in total. The highest BCUT2D eigenvalue weighted by molar-refractivity contribution is 6.21. The minimum Gasteiger partial charge on any atom is -0.455 e. The van der Waals surface area contributed by atoms with E-state index in [0.29, 0.717) is 5.82 Å². The van der Waals surface area contributed by atoms with Gasteiger partial charge in [0.2, 0.25) is 0 Å². The minimum atomic E-state index is 0.685. The first-order valence-corrected chi connectivity index (χ1v) is 16.6. The number of benzene rings is 8. The fourth-order valence-electron chi connectivity index (χ4n) is 7.20. The maximum atomic E-state index is 6.77. The lowest BCUT2D eigenvalue weighted by atomic mass is 9.96. The molecular formula is C46H28N2O. The third-order valence-electron chi connectivity index (χ3n) is 9.66. The van der Waals surface area contributed by atoms with E-state index < -0.39 is 0 Å². The van der Waals surface area contributed by atoms with Crippen molar-refractivity contribution >= 4 is 54.4 Å². The van der Waals surface area contributed by atoms with Gasteiger partial charge in [-0.25, -0.2) is 9.97 Å². The fourth-order valence-corrected chi connectivity index (χ4v) is 7.20. The standard InChI is InChI=1S/C46H28N2O/c1-2-11-32(12-3-1)44-38-16-8-9-17-41(38)47-46(48-44)40-27-36-14-6-7-15-37(36)45-43(40)39-25-24-35(28-42(39)49-45)31-20-18-30(19-21-31)34-23-22-29-10-4-5-13-33(29)26-34/h1-28H. The van der Waals surface area contributed by atoms with Crippen LogP contribution < -0.4 is 0 Å². The van der Waals surface area contributed by atoms with E-state index in [9.17, 15) is 0 Å². The first-order chi connectivity index (χ1) is 24.3. The van der Waals surface area contributed by atoms with Crippen LogP contribution in [0.2, 0.25) is 0 Å². The zero-order chi connectivity index (χ0) is 32.3. The van der Waals surface area contributed by atoms with Gasteiger partial charge in [0.25, 0.3) is 0 Å². The van der Waals surface area contributed by atoms with Crippen LogP contribution in [0.3, 0.4) is 0 Å². The van der Waals surface area contributed by atoms with Gasteiger partial charge in [-0.05, 0) is 68.7 Å². The van der Waals surface area contributed by atoms with Gasteiger partial charge in [0.15, 0.2) is 5.82 Å². The van der Waals surface area contributed by atoms with E-state index >= 15 is 0 Å². The molecule has 3 heteroatoms. The zero-order valence-electron chi connectivity index (χ0n) is 26.5. The second kappa shape index (κ2) is 11.0. The lowest BCUT2D eigenvalue weighted by molar-refractivity contribution is 0.673. The number of aromatic nitrogens is 2. The number of hydrogen-bond donors (Lipinski definition) is 0. The Bertz CT molecular complexity index is 2870. The molecule has 8 aromatic carbocycles. The first kappa shape index (κ1) is 27.5. The second-order valence-electron chi connectivity index (χ2n) is 12.6. The summed E-state index contributed by atoms with van der Waals surface area (Å²) in [5, 5.41) is 7.77. The second-order valence-corrected chi connectivity index (χ2v) is 12.6. The molecule has 0 saturated heterocycles. The van der Waals surface area contributed by atoms with E-state index in [2.05, 4.69) is 152 Å². The van der Waals surface area contributed by atoms with Crippen molar-refractivity contribution in [2.24, 2.45) is 0 Å². The lowest BCUT2D eigenvalue weighted by Gasteiger charge is -2.11. The highest BCUT2D eigenvalue weighted by atomic mass is 16.3. The van der Waals surface area contributed by atoms with Crippen LogP contribution in [0.4, 0.5) is 0 Å². The largest absolute Gasteiger partial charge is 0.455 e. The van der Waals surface area contributed by atoms with Crippen molar-refractivity contribution < 1.29 is 4.42 Å². The van der Waals surface area contributed by atoms with Crippen LogP contribution >= 0.6 is 0 Å². The van der Waals surface area contributed by atoms with E-state index in [1.165, 1.54) is 21.9 Å². The third kappa shape index (κ3) is 4.59. The molecule has 0 N–H and O–H groups in total. The Balaban J connectivity index is 1.13. The maximum absolute atomic E-state index is 6.77. The summed E-state index contributed by atoms with van der Waals surface area (Å²) >= 11 is 0. The summed E-state index contributed by atoms with van der Waals surface area (Å²) < 4.78 is 6.77. The molecule has 2 aromatic heterocycles. The molecule has 0 aliphatic heterocycles. The quantitative estimate of drug-likeness (QED) is 0.196. The molecule has 10 aromatic rings. The van der Waals surface area contributed by atoms with Crippen molar-refractivity contribution in [2.75, 3.05) is 0 Å². The maximum Gasteiger partial charge on any atom is 0.161 e. The number of fused-ring (bicyclic) bond motifs is 7. The zero-order valence-corrected chi connectivity index (χ0v) is 26.5. The molecule has 49 heavy (non-hydrogen) atoms. The molecule has 0 fully saturated rings. The highest BCUT2D eigenvalue weighted by Crippen LogP contribution is 2.42. The Morgan fingerprint density at radius 2 is 1.02 bits per heavy atom. The van der Waals surface area contributed by atoms with Gasteiger partial charge < -0.3 is 4.42 Å². The van der Waals surface area contributed by atoms with E-state index in [-0.39, 0.29) is 0 Å². The molecule has 0 spiro atoms. The van der Waals surface area contributed by atoms with Crippen LogP contribution in [-0.2, 0) is 0 Å². The molecule has 2 heterocycles. The van der Waals surface area contributed by atoms with E-state index in [4.69, 9.17) is 14.4 Å². The van der Waals surface area contributed by atoms with Gasteiger partial charge in [0, 0.05) is 32.7 Å². The Hall–Kier alpha value is -6.58. The monoisotopic (exact) mass is 624 g/mol. The average molecular weight is 625 g/mol. The number of furan rings is 1. The topological polar surface area (TPSA) is 38.9 Å².